The molecule has 0 atom stereocenters. The van der Waals surface area contributed by atoms with Crippen LogP contribution in [-0.2, 0) is 17.8 Å². The third kappa shape index (κ3) is 2.71. The molecule has 10 heteroatoms. The van der Waals surface area contributed by atoms with Crippen LogP contribution in [0.2, 0.25) is 0 Å². The first-order chi connectivity index (χ1) is 12.5. The summed E-state index contributed by atoms with van der Waals surface area (Å²) in [5.74, 6) is 0.604. The van der Waals surface area contributed by atoms with E-state index in [1.807, 2.05) is 4.90 Å². The molecule has 3 aromatic rings. The first kappa shape index (κ1) is 16.9. The molecule has 9 nitrogen and oxygen atoms in total. The maximum Gasteiger partial charge on any atom is 0.260 e. The maximum atomic E-state index is 12.7. The lowest BCUT2D eigenvalue weighted by atomic mass is 10.1. The van der Waals surface area contributed by atoms with Crippen LogP contribution < -0.4 is 11.0 Å². The highest BCUT2D eigenvalue weighted by atomic mass is 32.1. The van der Waals surface area contributed by atoms with Crippen molar-refractivity contribution in [3.05, 3.63) is 32.2 Å². The summed E-state index contributed by atoms with van der Waals surface area (Å²) in [4.78, 5) is 35.2. The van der Waals surface area contributed by atoms with Crippen LogP contribution in [0.3, 0.4) is 0 Å². The molecular weight excluding hydrogens is 358 g/mol. The highest BCUT2D eigenvalue weighted by Gasteiger charge is 2.25. The van der Waals surface area contributed by atoms with Gasteiger partial charge in [-0.15, -0.1) is 11.3 Å². The van der Waals surface area contributed by atoms with Crippen molar-refractivity contribution in [1.82, 2.24) is 25.5 Å². The number of aromatic amines is 1. The molecule has 0 saturated carbocycles. The van der Waals surface area contributed by atoms with Gasteiger partial charge in [-0.25, -0.2) is 10.5 Å². The first-order valence-electron chi connectivity index (χ1n) is 8.11. The minimum absolute atomic E-state index is 0.109. The maximum absolute atomic E-state index is 12.7. The lowest BCUT2D eigenvalue weighted by molar-refractivity contribution is -0.130. The third-order valence-electron chi connectivity index (χ3n) is 4.55. The normalized spacial score (nSPS) is 14.6. The molecule has 0 aromatic carbocycles. The van der Waals surface area contributed by atoms with E-state index < -0.39 is 5.91 Å². The van der Waals surface area contributed by atoms with E-state index in [1.165, 1.54) is 11.3 Å². The molecule has 0 radical (unpaired) electrons. The molecule has 1 amide bonds. The molecule has 0 spiro atoms. The summed E-state index contributed by atoms with van der Waals surface area (Å²) >= 11 is 1.46. The van der Waals surface area contributed by atoms with Gasteiger partial charge in [-0.2, -0.15) is 0 Å². The second-order valence-corrected chi connectivity index (χ2v) is 7.38. The summed E-state index contributed by atoms with van der Waals surface area (Å²) in [6.45, 7) is 4.88. The van der Waals surface area contributed by atoms with Crippen LogP contribution in [0.25, 0.3) is 21.6 Å². The summed E-state index contributed by atoms with van der Waals surface area (Å²) < 4.78 is 5.17. The number of hydroxylamine groups is 1. The van der Waals surface area contributed by atoms with Gasteiger partial charge in [0.2, 0.25) is 0 Å². The molecule has 0 saturated heterocycles. The zero-order valence-electron chi connectivity index (χ0n) is 14.3. The number of hydrogen-bond acceptors (Lipinski definition) is 8. The average molecular weight is 375 g/mol. The quantitative estimate of drug-likeness (QED) is 0.463. The standard InChI is InChI=1S/C16H17N5O4S/c1-7-12(8(2)25-20-7)14-17-15(23)13-9-3-4-21(6-11(22)19-24)5-10(9)26-16(13)18-14/h24H,3-6H2,1-2H3,(H,19,22)(H,17,18,23). The van der Waals surface area contributed by atoms with Gasteiger partial charge in [0.05, 0.1) is 23.2 Å². The van der Waals surface area contributed by atoms with Crippen molar-refractivity contribution in [3.8, 4) is 11.4 Å². The SMILES string of the molecule is Cc1noc(C)c1-c1nc2sc3c(c2c(=O)[nH]1)CCN(CC(=O)NO)C3. The number of nitrogens with one attached hydrogen (secondary N) is 2. The van der Waals surface area contributed by atoms with Crippen LogP contribution in [0.5, 0.6) is 0 Å². The van der Waals surface area contributed by atoms with Crippen LogP contribution in [0, 0.1) is 13.8 Å². The van der Waals surface area contributed by atoms with E-state index in [9.17, 15) is 9.59 Å². The number of H-pyrrole nitrogens is 1. The lowest BCUT2D eigenvalue weighted by Crippen LogP contribution is -2.38. The van der Waals surface area contributed by atoms with Gasteiger partial charge in [0.15, 0.2) is 0 Å². The largest absolute Gasteiger partial charge is 0.361 e. The van der Waals surface area contributed by atoms with Gasteiger partial charge in [-0.1, -0.05) is 5.16 Å². The van der Waals surface area contributed by atoms with Gasteiger partial charge in [-0.05, 0) is 25.8 Å². The molecule has 4 heterocycles. The topological polar surface area (TPSA) is 124 Å². The van der Waals surface area contributed by atoms with Crippen LogP contribution in [0.15, 0.2) is 9.32 Å². The fourth-order valence-electron chi connectivity index (χ4n) is 3.37. The van der Waals surface area contributed by atoms with E-state index >= 15 is 0 Å². The summed E-state index contributed by atoms with van der Waals surface area (Å²) in [6.07, 6.45) is 0.656. The summed E-state index contributed by atoms with van der Waals surface area (Å²) in [5, 5.41) is 13.2. The Morgan fingerprint density at radius 2 is 2.27 bits per heavy atom. The minimum Gasteiger partial charge on any atom is -0.361 e. The third-order valence-corrected chi connectivity index (χ3v) is 5.66. The van der Waals surface area contributed by atoms with Crippen molar-refractivity contribution in [2.75, 3.05) is 13.1 Å². The number of thiophene rings is 1. The van der Waals surface area contributed by atoms with Crippen LogP contribution >= 0.6 is 11.3 Å². The van der Waals surface area contributed by atoms with Crippen molar-refractivity contribution in [2.24, 2.45) is 0 Å². The van der Waals surface area contributed by atoms with Crippen molar-refractivity contribution >= 4 is 27.5 Å². The summed E-state index contributed by atoms with van der Waals surface area (Å²) in [5.41, 5.74) is 3.84. The Balaban J connectivity index is 1.76. The Bertz CT molecular complexity index is 1050. The van der Waals surface area contributed by atoms with Gasteiger partial charge in [0.1, 0.15) is 16.4 Å². The number of aryl methyl sites for hydroxylation is 2. The molecular formula is C16H17N5O4S. The van der Waals surface area contributed by atoms with Gasteiger partial charge >= 0.3 is 0 Å². The summed E-state index contributed by atoms with van der Waals surface area (Å²) in [6, 6.07) is 0. The Hall–Kier alpha value is -2.56. The molecule has 0 unspecified atom stereocenters. The second kappa shape index (κ2) is 6.31. The number of fused-ring (bicyclic) bond motifs is 3. The average Bonchev–Trinajstić information content (AvgIpc) is 3.13. The number of amides is 1. The van der Waals surface area contributed by atoms with Gasteiger partial charge < -0.3 is 9.51 Å². The molecule has 26 heavy (non-hydrogen) atoms. The molecule has 4 rings (SSSR count). The molecule has 0 fully saturated rings. The number of carbonyl (C=O) groups excluding carboxylic acids is 1. The highest BCUT2D eigenvalue weighted by Crippen LogP contribution is 2.33. The van der Waals surface area contributed by atoms with E-state index in [-0.39, 0.29) is 12.1 Å². The number of hydrogen-bond donors (Lipinski definition) is 3. The molecule has 136 valence electrons. The Labute approximate surface area is 151 Å². The summed E-state index contributed by atoms with van der Waals surface area (Å²) in [7, 11) is 0. The van der Waals surface area contributed by atoms with E-state index in [0.29, 0.717) is 52.6 Å². The van der Waals surface area contributed by atoms with Crippen LogP contribution in [0.1, 0.15) is 21.9 Å². The molecule has 1 aliphatic heterocycles. The zero-order chi connectivity index (χ0) is 18.4. The van der Waals surface area contributed by atoms with E-state index in [1.54, 1.807) is 19.3 Å². The molecule has 3 N–H and O–H groups in total. The zero-order valence-corrected chi connectivity index (χ0v) is 15.1. The van der Waals surface area contributed by atoms with Crippen molar-refractivity contribution in [2.45, 2.75) is 26.8 Å². The molecule has 3 aromatic heterocycles. The number of nitrogens with zero attached hydrogens (tertiary/aromatic N) is 3. The Kier molecular flexibility index (Phi) is 4.10. The van der Waals surface area contributed by atoms with Crippen LogP contribution in [0.4, 0.5) is 0 Å². The van der Waals surface area contributed by atoms with Crippen molar-refractivity contribution < 1.29 is 14.5 Å². The predicted molar refractivity (Wildman–Crippen MR) is 94.1 cm³/mol. The van der Waals surface area contributed by atoms with E-state index in [2.05, 4.69) is 15.1 Å². The molecule has 0 bridgehead atoms. The van der Waals surface area contributed by atoms with Gasteiger partial charge in [0.25, 0.3) is 11.5 Å². The number of carbonyl (C=O) groups is 1. The Morgan fingerprint density at radius 1 is 1.46 bits per heavy atom. The number of aromatic nitrogens is 3. The van der Waals surface area contributed by atoms with Crippen LogP contribution in [-0.4, -0.2) is 44.2 Å². The minimum atomic E-state index is -0.453. The first-order valence-corrected chi connectivity index (χ1v) is 8.92. The monoisotopic (exact) mass is 375 g/mol. The van der Waals surface area contributed by atoms with Gasteiger partial charge in [0, 0.05) is 18.0 Å². The van der Waals surface area contributed by atoms with E-state index in [0.717, 1.165) is 10.4 Å². The smallest absolute Gasteiger partial charge is 0.260 e. The Morgan fingerprint density at radius 3 is 2.96 bits per heavy atom. The van der Waals surface area contributed by atoms with Gasteiger partial charge in [-0.3, -0.25) is 19.7 Å². The second-order valence-electron chi connectivity index (χ2n) is 6.29. The van der Waals surface area contributed by atoms with E-state index in [4.69, 9.17) is 9.73 Å². The lowest BCUT2D eigenvalue weighted by Gasteiger charge is -2.25. The highest BCUT2D eigenvalue weighted by molar-refractivity contribution is 7.18. The molecule has 0 aliphatic carbocycles. The number of rotatable bonds is 3. The predicted octanol–water partition coefficient (Wildman–Crippen LogP) is 1.12. The van der Waals surface area contributed by atoms with Crippen molar-refractivity contribution in [1.29, 1.82) is 0 Å². The fraction of sp³-hybridized carbons (Fsp3) is 0.375. The molecule has 1 aliphatic rings. The van der Waals surface area contributed by atoms with Crippen molar-refractivity contribution in [3.63, 3.8) is 0 Å². The fourth-order valence-corrected chi connectivity index (χ4v) is 4.63.